The Kier molecular flexibility index (Phi) is 6.43. The lowest BCUT2D eigenvalue weighted by Crippen LogP contribution is -2.41. The van der Waals surface area contributed by atoms with E-state index in [0.29, 0.717) is 13.3 Å². The molecule has 1 aromatic carbocycles. The number of hydrogen-bond acceptors (Lipinski definition) is 6. The van der Waals surface area contributed by atoms with Crippen molar-refractivity contribution in [2.24, 2.45) is 4.99 Å². The second kappa shape index (κ2) is 9.22. The monoisotopic (exact) mass is 430 g/mol. The van der Waals surface area contributed by atoms with Gasteiger partial charge >= 0.3 is 0 Å². The van der Waals surface area contributed by atoms with Crippen molar-refractivity contribution in [2.75, 3.05) is 40.1 Å². The molecule has 7 nitrogen and oxygen atoms in total. The van der Waals surface area contributed by atoms with Crippen LogP contribution >= 0.6 is 11.3 Å². The van der Waals surface area contributed by atoms with E-state index < -0.39 is 0 Å². The number of nitrogens with one attached hydrogen (secondary N) is 1. The Morgan fingerprint density at radius 1 is 1.27 bits per heavy atom. The summed E-state index contributed by atoms with van der Waals surface area (Å²) in [4.78, 5) is 11.8. The van der Waals surface area contributed by atoms with E-state index in [0.717, 1.165) is 67.3 Å². The molecular weight excluding hydrogens is 400 g/mol. The van der Waals surface area contributed by atoms with Crippen LogP contribution in [0.2, 0.25) is 0 Å². The van der Waals surface area contributed by atoms with E-state index in [1.165, 1.54) is 5.56 Å². The van der Waals surface area contributed by atoms with Crippen LogP contribution in [0.3, 0.4) is 0 Å². The van der Waals surface area contributed by atoms with E-state index in [1.54, 1.807) is 11.3 Å². The van der Waals surface area contributed by atoms with Gasteiger partial charge in [0, 0.05) is 37.6 Å². The number of rotatable bonds is 6. The lowest BCUT2D eigenvalue weighted by molar-refractivity contribution is 0.0529. The third-order valence-corrected chi connectivity index (χ3v) is 6.55. The minimum Gasteiger partial charge on any atom is -0.454 e. The molecule has 2 aromatic rings. The van der Waals surface area contributed by atoms with Crippen molar-refractivity contribution in [1.82, 2.24) is 15.2 Å². The lowest BCUT2D eigenvalue weighted by atomic mass is 9.74. The highest BCUT2D eigenvalue weighted by atomic mass is 32.1. The van der Waals surface area contributed by atoms with Gasteiger partial charge in [0.2, 0.25) is 6.79 Å². The van der Waals surface area contributed by atoms with Crippen LogP contribution in [0.4, 0.5) is 0 Å². The van der Waals surface area contributed by atoms with Crippen molar-refractivity contribution in [2.45, 2.75) is 38.6 Å². The highest BCUT2D eigenvalue weighted by molar-refractivity contribution is 7.09. The molecular formula is C22H30N4O3S. The molecule has 0 amide bonds. The first-order valence-electron chi connectivity index (χ1n) is 10.5. The van der Waals surface area contributed by atoms with Crippen molar-refractivity contribution >= 4 is 17.3 Å². The number of nitrogens with zero attached hydrogens (tertiary/aromatic N) is 3. The van der Waals surface area contributed by atoms with Crippen LogP contribution < -0.4 is 14.8 Å². The zero-order chi connectivity index (χ0) is 21.0. The molecule has 0 atom stereocenters. The van der Waals surface area contributed by atoms with Crippen LogP contribution in [0.5, 0.6) is 11.5 Å². The number of aromatic nitrogens is 1. The average molecular weight is 431 g/mol. The average Bonchev–Trinajstić information content (AvgIpc) is 3.39. The van der Waals surface area contributed by atoms with Gasteiger partial charge in [0.25, 0.3) is 0 Å². The summed E-state index contributed by atoms with van der Waals surface area (Å²) < 4.78 is 16.8. The number of thiazole rings is 1. The zero-order valence-corrected chi connectivity index (χ0v) is 18.8. The lowest BCUT2D eigenvalue weighted by Gasteiger charge is -2.37. The Labute approximate surface area is 182 Å². The fourth-order valence-corrected chi connectivity index (χ4v) is 4.63. The molecule has 1 N–H and O–H groups in total. The summed E-state index contributed by atoms with van der Waals surface area (Å²) in [5.41, 5.74) is 2.24. The molecule has 0 radical (unpaired) electrons. The molecule has 4 rings (SSSR count). The van der Waals surface area contributed by atoms with Crippen LogP contribution in [0, 0.1) is 6.92 Å². The molecule has 8 heteroatoms. The molecule has 162 valence electrons. The van der Waals surface area contributed by atoms with Gasteiger partial charge in [-0.05, 0) is 44.4 Å². The smallest absolute Gasteiger partial charge is 0.231 e. The summed E-state index contributed by atoms with van der Waals surface area (Å²) >= 11 is 1.68. The van der Waals surface area contributed by atoms with Crippen LogP contribution in [-0.2, 0) is 16.7 Å². The molecule has 1 aromatic heterocycles. The largest absolute Gasteiger partial charge is 0.454 e. The molecule has 0 spiro atoms. The maximum absolute atomic E-state index is 5.68. The first kappa shape index (κ1) is 20.9. The van der Waals surface area contributed by atoms with E-state index in [1.807, 2.05) is 13.0 Å². The van der Waals surface area contributed by atoms with Gasteiger partial charge in [-0.3, -0.25) is 4.99 Å². The minimum absolute atomic E-state index is 0.0715. The number of aliphatic imine (C=N–C) groups is 1. The predicted molar refractivity (Wildman–Crippen MR) is 119 cm³/mol. The van der Waals surface area contributed by atoms with Crippen LogP contribution in [0.25, 0.3) is 0 Å². The number of benzene rings is 1. The van der Waals surface area contributed by atoms with Crippen molar-refractivity contribution < 1.29 is 14.2 Å². The number of guanidine groups is 1. The number of aryl methyl sites for hydroxylation is 1. The summed E-state index contributed by atoms with van der Waals surface area (Å²) in [5.74, 6) is 2.54. The summed E-state index contributed by atoms with van der Waals surface area (Å²) in [6.07, 6.45) is 1.87. The molecule has 0 saturated carbocycles. The van der Waals surface area contributed by atoms with E-state index in [2.05, 4.69) is 46.7 Å². The van der Waals surface area contributed by atoms with Gasteiger partial charge < -0.3 is 24.4 Å². The SMILES string of the molecule is CCNC(=NCC1(c2ccc3c(c2)OCO3)CCOCC1)N(C)Cc1csc(C)n1. The Morgan fingerprint density at radius 3 is 2.80 bits per heavy atom. The fraction of sp³-hybridized carbons (Fsp3) is 0.545. The van der Waals surface area contributed by atoms with Gasteiger partial charge in [0.15, 0.2) is 17.5 Å². The van der Waals surface area contributed by atoms with Crippen molar-refractivity contribution in [3.8, 4) is 11.5 Å². The molecule has 3 heterocycles. The molecule has 0 unspecified atom stereocenters. The number of fused-ring (bicyclic) bond motifs is 1. The Balaban J connectivity index is 1.56. The van der Waals surface area contributed by atoms with E-state index >= 15 is 0 Å². The summed E-state index contributed by atoms with van der Waals surface area (Å²) in [7, 11) is 2.06. The molecule has 2 aliphatic rings. The van der Waals surface area contributed by atoms with Gasteiger partial charge in [-0.1, -0.05) is 6.07 Å². The molecule has 30 heavy (non-hydrogen) atoms. The molecule has 0 aliphatic carbocycles. The highest BCUT2D eigenvalue weighted by Gasteiger charge is 2.36. The van der Waals surface area contributed by atoms with Gasteiger partial charge in [-0.2, -0.15) is 0 Å². The van der Waals surface area contributed by atoms with E-state index in [9.17, 15) is 0 Å². The Hall–Kier alpha value is -2.32. The van der Waals surface area contributed by atoms with E-state index in [4.69, 9.17) is 19.2 Å². The summed E-state index contributed by atoms with van der Waals surface area (Å²) in [6, 6.07) is 6.29. The Bertz CT molecular complexity index is 892. The second-order valence-electron chi connectivity index (χ2n) is 7.84. The predicted octanol–water partition coefficient (Wildman–Crippen LogP) is 3.33. The quantitative estimate of drug-likeness (QED) is 0.560. The first-order chi connectivity index (χ1) is 14.6. The second-order valence-corrected chi connectivity index (χ2v) is 8.91. The van der Waals surface area contributed by atoms with Crippen LogP contribution in [0.15, 0.2) is 28.6 Å². The van der Waals surface area contributed by atoms with Gasteiger partial charge in [-0.25, -0.2) is 4.98 Å². The fourth-order valence-electron chi connectivity index (χ4n) is 4.02. The molecule has 1 saturated heterocycles. The maximum atomic E-state index is 5.68. The maximum Gasteiger partial charge on any atom is 0.231 e. The standard InChI is InChI=1S/C22H30N4O3S/c1-4-23-21(26(3)12-18-13-30-16(2)25-18)24-14-22(7-9-27-10-8-22)17-5-6-19-20(11-17)29-15-28-19/h5-6,11,13H,4,7-10,12,14-15H2,1-3H3,(H,23,24). The van der Waals surface area contributed by atoms with Crippen molar-refractivity contribution in [3.63, 3.8) is 0 Å². The summed E-state index contributed by atoms with van der Waals surface area (Å²) in [6.45, 7) is 8.15. The van der Waals surface area contributed by atoms with Crippen molar-refractivity contribution in [1.29, 1.82) is 0 Å². The minimum atomic E-state index is -0.0715. The van der Waals surface area contributed by atoms with Gasteiger partial charge in [0.1, 0.15) is 0 Å². The Morgan fingerprint density at radius 2 is 2.07 bits per heavy atom. The van der Waals surface area contributed by atoms with E-state index in [-0.39, 0.29) is 5.41 Å². The topological polar surface area (TPSA) is 68.2 Å². The third-order valence-electron chi connectivity index (χ3n) is 5.73. The van der Waals surface area contributed by atoms with Gasteiger partial charge in [-0.15, -0.1) is 11.3 Å². The molecule has 1 fully saturated rings. The van der Waals surface area contributed by atoms with Crippen LogP contribution in [0.1, 0.15) is 36.0 Å². The normalized spacial score (nSPS) is 17.8. The first-order valence-corrected chi connectivity index (χ1v) is 11.4. The third kappa shape index (κ3) is 4.54. The molecule has 0 bridgehead atoms. The van der Waals surface area contributed by atoms with Crippen LogP contribution in [-0.4, -0.2) is 56.0 Å². The number of ether oxygens (including phenoxy) is 3. The highest BCUT2D eigenvalue weighted by Crippen LogP contribution is 2.41. The number of hydrogen-bond donors (Lipinski definition) is 1. The van der Waals surface area contributed by atoms with Crippen molar-refractivity contribution in [3.05, 3.63) is 39.8 Å². The zero-order valence-electron chi connectivity index (χ0n) is 17.9. The summed E-state index contributed by atoms with van der Waals surface area (Å²) in [5, 5.41) is 6.64. The van der Waals surface area contributed by atoms with Gasteiger partial charge in [0.05, 0.1) is 23.8 Å². The molecule has 2 aliphatic heterocycles.